The Hall–Kier alpha value is -4.88. The third-order valence-electron chi connectivity index (χ3n) is 7.57. The summed E-state index contributed by atoms with van der Waals surface area (Å²) in [5, 5.41) is 9.84. The van der Waals surface area contributed by atoms with Gasteiger partial charge in [0.05, 0.1) is 20.3 Å². The van der Waals surface area contributed by atoms with Crippen LogP contribution in [0.15, 0.2) is 46.1 Å². The maximum absolute atomic E-state index is 13.2. The van der Waals surface area contributed by atoms with Gasteiger partial charge in [-0.25, -0.2) is 18.9 Å². The summed E-state index contributed by atoms with van der Waals surface area (Å²) in [6.07, 6.45) is -2.12. The van der Waals surface area contributed by atoms with Crippen LogP contribution in [-0.2, 0) is 48.9 Å². The zero-order chi connectivity index (χ0) is 37.6. The van der Waals surface area contributed by atoms with Crippen molar-refractivity contribution in [1.29, 1.82) is 0 Å². The molecule has 3 rings (SSSR count). The molecule has 1 aromatic heterocycles. The summed E-state index contributed by atoms with van der Waals surface area (Å²) < 4.78 is 32.8. The van der Waals surface area contributed by atoms with E-state index >= 15 is 0 Å². The number of aryl methyl sites for hydroxylation is 1. The molecule has 0 radical (unpaired) electrons. The van der Waals surface area contributed by atoms with Gasteiger partial charge in [-0.1, -0.05) is 30.3 Å². The van der Waals surface area contributed by atoms with Crippen molar-refractivity contribution in [3.63, 3.8) is 0 Å². The van der Waals surface area contributed by atoms with Gasteiger partial charge in [0.1, 0.15) is 30.5 Å². The SMILES string of the molecule is COC(=O)[C@H](Cc1ccccc1)NC(=O)[C@H](CCCCNC(=O)O[C@H]1C[C@H](n2cc(C)c(=O)[nH]c2=O)O[C@@H]1COP(=O)(O)O)NC(=O)CNC=O. The summed E-state index contributed by atoms with van der Waals surface area (Å²) >= 11 is 0. The lowest BCUT2D eigenvalue weighted by Gasteiger charge is -2.22. The molecular formula is C30H41N6O14P. The lowest BCUT2D eigenvalue weighted by Crippen LogP contribution is -2.53. The second-order valence-corrected chi connectivity index (χ2v) is 12.6. The highest BCUT2D eigenvalue weighted by atomic mass is 31.2. The van der Waals surface area contributed by atoms with E-state index in [-0.39, 0.29) is 44.2 Å². The molecule has 2 aromatic rings. The van der Waals surface area contributed by atoms with E-state index in [9.17, 15) is 38.1 Å². The summed E-state index contributed by atoms with van der Waals surface area (Å²) in [5.74, 6) is -2.03. The molecule has 0 unspecified atom stereocenters. The Labute approximate surface area is 290 Å². The molecule has 1 aromatic carbocycles. The molecule has 0 saturated carbocycles. The van der Waals surface area contributed by atoms with Crippen LogP contribution in [0.3, 0.4) is 0 Å². The maximum atomic E-state index is 13.2. The van der Waals surface area contributed by atoms with Crippen molar-refractivity contribution in [3.8, 4) is 0 Å². The first-order valence-corrected chi connectivity index (χ1v) is 17.2. The van der Waals surface area contributed by atoms with Crippen molar-refractivity contribution in [2.75, 3.05) is 26.8 Å². The van der Waals surface area contributed by atoms with Crippen molar-refractivity contribution >= 4 is 38.1 Å². The Kier molecular flexibility index (Phi) is 15.5. The largest absolute Gasteiger partial charge is 0.469 e. The van der Waals surface area contributed by atoms with Gasteiger partial charge in [0.25, 0.3) is 5.56 Å². The lowest BCUT2D eigenvalue weighted by atomic mass is 10.0. The van der Waals surface area contributed by atoms with E-state index in [0.29, 0.717) is 6.41 Å². The average molecular weight is 741 g/mol. The van der Waals surface area contributed by atoms with Crippen LogP contribution in [0, 0.1) is 6.92 Å². The highest BCUT2D eigenvalue weighted by Gasteiger charge is 2.41. The van der Waals surface area contributed by atoms with E-state index in [2.05, 4.69) is 30.8 Å². The smallest absolute Gasteiger partial charge is 0.467 e. The molecule has 0 bridgehead atoms. The number of methoxy groups -OCH3 is 1. The van der Waals surface area contributed by atoms with Crippen LogP contribution in [0.5, 0.6) is 0 Å². The molecule has 1 aliphatic heterocycles. The number of carbonyl (C=O) groups is 5. The fourth-order valence-corrected chi connectivity index (χ4v) is 5.41. The number of benzene rings is 1. The minimum Gasteiger partial charge on any atom is -0.467 e. The number of aromatic amines is 1. The van der Waals surface area contributed by atoms with E-state index in [0.717, 1.165) is 10.1 Å². The first-order chi connectivity index (χ1) is 24.2. The van der Waals surface area contributed by atoms with E-state index in [1.165, 1.54) is 20.2 Å². The highest BCUT2D eigenvalue weighted by Crippen LogP contribution is 2.38. The number of rotatable bonds is 19. The van der Waals surface area contributed by atoms with Crippen LogP contribution in [-0.4, -0.2) is 101 Å². The Morgan fingerprint density at radius 1 is 1.12 bits per heavy atom. The number of phosphoric acid groups is 1. The molecule has 20 nitrogen and oxygen atoms in total. The first-order valence-electron chi connectivity index (χ1n) is 15.7. The summed E-state index contributed by atoms with van der Waals surface area (Å²) in [6, 6.07) is 6.70. The molecule has 1 saturated heterocycles. The topological polar surface area (TPSA) is 283 Å². The van der Waals surface area contributed by atoms with Crippen LogP contribution in [0.25, 0.3) is 0 Å². The van der Waals surface area contributed by atoms with E-state index < -0.39 is 86.6 Å². The van der Waals surface area contributed by atoms with Gasteiger partial charge < -0.3 is 45.3 Å². The quantitative estimate of drug-likeness (QED) is 0.0379. The van der Waals surface area contributed by atoms with Gasteiger partial charge in [-0.2, -0.15) is 0 Å². The average Bonchev–Trinajstić information content (AvgIpc) is 3.48. The van der Waals surface area contributed by atoms with Crippen molar-refractivity contribution in [2.24, 2.45) is 0 Å². The van der Waals surface area contributed by atoms with E-state index in [1.807, 2.05) is 0 Å². The number of nitrogens with one attached hydrogen (secondary N) is 5. The zero-order valence-electron chi connectivity index (χ0n) is 27.8. The minimum absolute atomic E-state index is 0.0336. The number of aromatic nitrogens is 2. The molecule has 0 spiro atoms. The van der Waals surface area contributed by atoms with Crippen LogP contribution in [0.2, 0.25) is 0 Å². The molecule has 21 heteroatoms. The molecule has 7 N–H and O–H groups in total. The molecule has 1 fully saturated rings. The van der Waals surface area contributed by atoms with Crippen LogP contribution >= 0.6 is 7.82 Å². The van der Waals surface area contributed by atoms with Gasteiger partial charge in [0.2, 0.25) is 18.2 Å². The number of amides is 4. The molecule has 2 heterocycles. The monoisotopic (exact) mass is 740 g/mol. The second-order valence-electron chi connectivity index (χ2n) is 11.4. The third kappa shape index (κ3) is 13.4. The summed E-state index contributed by atoms with van der Waals surface area (Å²) in [7, 11) is -3.75. The Bertz CT molecular complexity index is 1680. The summed E-state index contributed by atoms with van der Waals surface area (Å²) in [4.78, 5) is 106. The van der Waals surface area contributed by atoms with Gasteiger partial charge in [0, 0.05) is 31.1 Å². The lowest BCUT2D eigenvalue weighted by molar-refractivity contribution is -0.145. The highest BCUT2D eigenvalue weighted by molar-refractivity contribution is 7.46. The van der Waals surface area contributed by atoms with Crippen molar-refractivity contribution in [3.05, 3.63) is 68.5 Å². The van der Waals surface area contributed by atoms with Gasteiger partial charge in [-0.15, -0.1) is 0 Å². The number of hydrogen-bond donors (Lipinski definition) is 7. The molecular weight excluding hydrogens is 699 g/mol. The minimum atomic E-state index is -4.93. The van der Waals surface area contributed by atoms with Crippen LogP contribution in [0.1, 0.15) is 43.0 Å². The van der Waals surface area contributed by atoms with Crippen molar-refractivity contribution in [2.45, 2.75) is 69.5 Å². The predicted octanol–water partition coefficient (Wildman–Crippen LogP) is -1.36. The van der Waals surface area contributed by atoms with Crippen molar-refractivity contribution in [1.82, 2.24) is 30.8 Å². The van der Waals surface area contributed by atoms with Crippen LogP contribution in [0.4, 0.5) is 4.79 Å². The van der Waals surface area contributed by atoms with Gasteiger partial charge >= 0.3 is 25.6 Å². The number of H-pyrrole nitrogens is 1. The number of unbranched alkanes of at least 4 members (excludes halogenated alkanes) is 1. The molecule has 1 aliphatic rings. The number of alkyl carbamates (subject to hydrolysis) is 1. The maximum Gasteiger partial charge on any atom is 0.469 e. The molecule has 51 heavy (non-hydrogen) atoms. The van der Waals surface area contributed by atoms with Crippen LogP contribution < -0.4 is 32.5 Å². The number of esters is 1. The van der Waals surface area contributed by atoms with Gasteiger partial charge in [0.15, 0.2) is 0 Å². The Morgan fingerprint density at radius 3 is 2.51 bits per heavy atom. The molecule has 5 atom stereocenters. The summed E-state index contributed by atoms with van der Waals surface area (Å²) in [6.45, 7) is 0.410. The normalized spacial score (nSPS) is 18.2. The zero-order valence-corrected chi connectivity index (χ0v) is 28.7. The fourth-order valence-electron chi connectivity index (χ4n) is 5.07. The Morgan fingerprint density at radius 2 is 1.84 bits per heavy atom. The molecule has 280 valence electrons. The molecule has 0 aliphatic carbocycles. The number of carbonyl (C=O) groups excluding carboxylic acids is 5. The predicted molar refractivity (Wildman–Crippen MR) is 175 cm³/mol. The standard InChI is InChI=1S/C30H41N6O14P/c1-18-15-36(29(42)35-26(18)39)25-13-22(23(49-25)16-48-51(44,45)46)50-30(43)32-11-7-6-10-20(33-24(38)14-31-17-37)27(40)34-21(28(41)47-2)12-19-8-4-3-5-9-19/h3-5,8-9,15,17,20-23,25H,6-7,10-14,16H2,1-2H3,(H,31,37)(H,32,43)(H,33,38)(H,34,40)(H,35,39,42)(H2,44,45,46)/t20-,21-,22-,23+,25+/m0/s1. The fraction of sp³-hybridized carbons (Fsp3) is 0.500. The number of phosphoric ester groups is 1. The van der Waals surface area contributed by atoms with E-state index in [4.69, 9.17) is 24.0 Å². The van der Waals surface area contributed by atoms with Crippen molar-refractivity contribution < 1.29 is 57.1 Å². The number of ether oxygens (including phenoxy) is 3. The van der Waals surface area contributed by atoms with Gasteiger partial charge in [-0.3, -0.25) is 33.3 Å². The summed E-state index contributed by atoms with van der Waals surface area (Å²) in [5.41, 5.74) is -0.477. The van der Waals surface area contributed by atoms with E-state index in [1.54, 1.807) is 30.3 Å². The number of nitrogens with zero attached hydrogens (tertiary/aromatic N) is 1. The number of hydrogen-bond acceptors (Lipinski definition) is 12. The second kappa shape index (κ2) is 19.5. The first kappa shape index (κ1) is 40.5. The molecule has 4 amide bonds. The van der Waals surface area contributed by atoms with Gasteiger partial charge in [-0.05, 0) is 31.7 Å². The Balaban J connectivity index is 1.58. The third-order valence-corrected chi connectivity index (χ3v) is 8.06.